The maximum Gasteiger partial charge on any atom is 0.262 e. The second kappa shape index (κ2) is 10.5. The van der Waals surface area contributed by atoms with Crippen LogP contribution in [0.15, 0.2) is 65.1 Å². The molecule has 1 amide bonds. The fourth-order valence-corrected chi connectivity index (χ4v) is 5.21. The highest BCUT2D eigenvalue weighted by Gasteiger charge is 2.42. The second-order valence-electron chi connectivity index (χ2n) is 9.21. The third kappa shape index (κ3) is 4.83. The van der Waals surface area contributed by atoms with E-state index in [1.54, 1.807) is 30.3 Å². The van der Waals surface area contributed by atoms with Crippen molar-refractivity contribution in [2.24, 2.45) is 0 Å². The molecule has 1 heterocycles. The van der Waals surface area contributed by atoms with Crippen molar-refractivity contribution in [2.75, 3.05) is 26.1 Å². The van der Waals surface area contributed by atoms with Crippen molar-refractivity contribution in [1.82, 2.24) is 0 Å². The van der Waals surface area contributed by atoms with Gasteiger partial charge in [0.1, 0.15) is 17.3 Å². The molecule has 5 rings (SSSR count). The number of Topliss-reactive ketones (excluding diaryl/α,β-unsaturated/α-hetero) is 2. The number of amides is 1. The summed E-state index contributed by atoms with van der Waals surface area (Å²) in [6.07, 6.45) is 3.73. The van der Waals surface area contributed by atoms with Crippen molar-refractivity contribution in [3.63, 3.8) is 0 Å². The lowest BCUT2D eigenvalue weighted by Crippen LogP contribution is -2.30. The molecule has 2 aromatic carbocycles. The van der Waals surface area contributed by atoms with E-state index >= 15 is 0 Å². The summed E-state index contributed by atoms with van der Waals surface area (Å²) < 4.78 is 22.7. The average Bonchev–Trinajstić information content (AvgIpc) is 2.91. The van der Waals surface area contributed by atoms with Gasteiger partial charge in [0.05, 0.1) is 19.9 Å². The molecule has 3 aliphatic rings. The number of ketones is 2. The van der Waals surface area contributed by atoms with E-state index in [1.165, 1.54) is 14.2 Å². The molecule has 1 aliphatic heterocycles. The molecule has 0 spiro atoms. The van der Waals surface area contributed by atoms with Gasteiger partial charge in [-0.1, -0.05) is 18.2 Å². The smallest absolute Gasteiger partial charge is 0.262 e. The van der Waals surface area contributed by atoms with Crippen LogP contribution >= 0.6 is 0 Å². The highest BCUT2D eigenvalue weighted by Crippen LogP contribution is 2.48. The predicted molar refractivity (Wildman–Crippen MR) is 136 cm³/mol. The number of hydrogen-bond acceptors (Lipinski definition) is 7. The van der Waals surface area contributed by atoms with Crippen molar-refractivity contribution in [3.05, 3.63) is 70.7 Å². The molecule has 0 fully saturated rings. The Balaban J connectivity index is 1.40. The number of methoxy groups -OCH3 is 2. The maximum absolute atomic E-state index is 13.0. The van der Waals surface area contributed by atoms with Gasteiger partial charge in [-0.25, -0.2) is 0 Å². The summed E-state index contributed by atoms with van der Waals surface area (Å²) in [4.78, 5) is 38.5. The lowest BCUT2D eigenvalue weighted by Gasteiger charge is -2.36. The number of ether oxygens (including phenoxy) is 4. The van der Waals surface area contributed by atoms with E-state index < -0.39 is 5.92 Å². The van der Waals surface area contributed by atoms with Crippen molar-refractivity contribution < 1.29 is 33.3 Å². The fraction of sp³-hybridized carbons (Fsp3) is 0.345. The zero-order valence-corrected chi connectivity index (χ0v) is 20.9. The monoisotopic (exact) mass is 503 g/mol. The molecule has 8 heteroatoms. The van der Waals surface area contributed by atoms with Crippen LogP contribution in [-0.2, 0) is 19.1 Å². The Morgan fingerprint density at radius 1 is 0.865 bits per heavy atom. The Bertz CT molecular complexity index is 1280. The molecule has 0 bridgehead atoms. The normalized spacial score (nSPS) is 17.6. The van der Waals surface area contributed by atoms with Crippen LogP contribution in [0.4, 0.5) is 5.69 Å². The molecule has 192 valence electrons. The largest absolute Gasteiger partial charge is 0.495 e. The Morgan fingerprint density at radius 3 is 2.16 bits per heavy atom. The first-order valence-corrected chi connectivity index (χ1v) is 12.4. The minimum Gasteiger partial charge on any atom is -0.495 e. The maximum atomic E-state index is 13.0. The molecule has 8 nitrogen and oxygen atoms in total. The van der Waals surface area contributed by atoms with Gasteiger partial charge in [0, 0.05) is 42.7 Å². The van der Waals surface area contributed by atoms with Crippen LogP contribution < -0.4 is 19.5 Å². The third-order valence-corrected chi connectivity index (χ3v) is 6.90. The van der Waals surface area contributed by atoms with Crippen LogP contribution in [0.5, 0.6) is 17.2 Å². The van der Waals surface area contributed by atoms with Crippen LogP contribution in [0.3, 0.4) is 0 Å². The predicted octanol–water partition coefficient (Wildman–Crippen LogP) is 4.85. The molecule has 37 heavy (non-hydrogen) atoms. The number of benzene rings is 2. The SMILES string of the molecule is COc1ccccc1NC(=O)COc1ccc(C2C3=C(CCCC3=O)OC3=C2C(=O)CCC3)cc1OC. The molecule has 2 aromatic rings. The van der Waals surface area contributed by atoms with Crippen LogP contribution in [-0.4, -0.2) is 38.3 Å². The summed E-state index contributed by atoms with van der Waals surface area (Å²) in [5.41, 5.74) is 2.46. The molecule has 1 N–H and O–H groups in total. The summed E-state index contributed by atoms with van der Waals surface area (Å²) in [6, 6.07) is 12.4. The summed E-state index contributed by atoms with van der Waals surface area (Å²) in [7, 11) is 3.05. The van der Waals surface area contributed by atoms with Crippen LogP contribution in [0.2, 0.25) is 0 Å². The molecule has 0 unspecified atom stereocenters. The first-order chi connectivity index (χ1) is 18.0. The minimum absolute atomic E-state index is 0.0171. The Labute approximate surface area is 215 Å². The number of carbonyl (C=O) groups excluding carboxylic acids is 3. The number of rotatable bonds is 7. The van der Waals surface area contributed by atoms with Crippen molar-refractivity contribution in [2.45, 2.75) is 44.4 Å². The number of nitrogens with one attached hydrogen (secondary N) is 1. The minimum atomic E-state index is -0.490. The number of allylic oxidation sites excluding steroid dienone is 4. The van der Waals surface area contributed by atoms with Gasteiger partial charge in [-0.05, 0) is 42.7 Å². The van der Waals surface area contributed by atoms with E-state index in [9.17, 15) is 14.4 Å². The van der Waals surface area contributed by atoms with E-state index in [4.69, 9.17) is 18.9 Å². The third-order valence-electron chi connectivity index (χ3n) is 6.90. The highest BCUT2D eigenvalue weighted by molar-refractivity contribution is 6.05. The molecule has 0 saturated carbocycles. The fourth-order valence-electron chi connectivity index (χ4n) is 5.21. The molecule has 0 atom stereocenters. The van der Waals surface area contributed by atoms with Gasteiger partial charge in [0.2, 0.25) is 0 Å². The average molecular weight is 504 g/mol. The number of anilines is 1. The van der Waals surface area contributed by atoms with Gasteiger partial charge < -0.3 is 24.3 Å². The molecule has 2 aliphatic carbocycles. The van der Waals surface area contributed by atoms with Gasteiger partial charge in [-0.15, -0.1) is 0 Å². The van der Waals surface area contributed by atoms with Gasteiger partial charge in [-0.3, -0.25) is 14.4 Å². The van der Waals surface area contributed by atoms with Gasteiger partial charge >= 0.3 is 0 Å². The van der Waals surface area contributed by atoms with Crippen LogP contribution in [0.25, 0.3) is 0 Å². The molecular weight excluding hydrogens is 474 g/mol. The highest BCUT2D eigenvalue weighted by atomic mass is 16.5. The van der Waals surface area contributed by atoms with E-state index in [-0.39, 0.29) is 24.1 Å². The van der Waals surface area contributed by atoms with Crippen molar-refractivity contribution in [3.8, 4) is 17.2 Å². The molecule has 0 aromatic heterocycles. The van der Waals surface area contributed by atoms with Crippen molar-refractivity contribution in [1.29, 1.82) is 0 Å². The summed E-state index contributed by atoms with van der Waals surface area (Å²) >= 11 is 0. The number of para-hydroxylation sites is 2. The van der Waals surface area contributed by atoms with Crippen molar-refractivity contribution >= 4 is 23.2 Å². The van der Waals surface area contributed by atoms with Gasteiger partial charge in [-0.2, -0.15) is 0 Å². The van der Waals surface area contributed by atoms with E-state index in [0.29, 0.717) is 71.3 Å². The summed E-state index contributed by atoms with van der Waals surface area (Å²) in [5.74, 6) is 1.88. The standard InChI is InChI=1S/C29H29NO7/c1-34-21-10-4-3-7-18(21)30-26(33)16-36-22-14-13-17(15-25(22)35-2)27-28-19(31)8-5-11-23(28)37-24-12-6-9-20(32)29(24)27/h3-4,7,10,13-15,27H,5-6,8-9,11-12,16H2,1-2H3,(H,30,33). The van der Waals surface area contributed by atoms with E-state index in [2.05, 4.69) is 5.32 Å². The van der Waals surface area contributed by atoms with Gasteiger partial charge in [0.25, 0.3) is 5.91 Å². The lowest BCUT2D eigenvalue weighted by atomic mass is 9.73. The Kier molecular flexibility index (Phi) is 6.99. The number of hydrogen-bond donors (Lipinski definition) is 1. The summed E-state index contributed by atoms with van der Waals surface area (Å²) in [6.45, 7) is -0.243. The lowest BCUT2D eigenvalue weighted by molar-refractivity contribution is -0.119. The zero-order chi connectivity index (χ0) is 25.9. The molecule has 0 saturated heterocycles. The van der Waals surface area contributed by atoms with Crippen LogP contribution in [0.1, 0.15) is 50.0 Å². The van der Waals surface area contributed by atoms with Crippen LogP contribution in [0, 0.1) is 0 Å². The first kappa shape index (κ1) is 24.6. The summed E-state index contributed by atoms with van der Waals surface area (Å²) in [5, 5.41) is 2.77. The molecule has 0 radical (unpaired) electrons. The topological polar surface area (TPSA) is 100 Å². The Hall–Kier alpha value is -4.07. The first-order valence-electron chi connectivity index (χ1n) is 12.4. The quantitative estimate of drug-likeness (QED) is 0.577. The van der Waals surface area contributed by atoms with Gasteiger partial charge in [0.15, 0.2) is 29.7 Å². The van der Waals surface area contributed by atoms with E-state index in [0.717, 1.165) is 18.4 Å². The molecular formula is C29H29NO7. The second-order valence-corrected chi connectivity index (χ2v) is 9.21. The zero-order valence-electron chi connectivity index (χ0n) is 20.9. The Morgan fingerprint density at radius 2 is 1.51 bits per heavy atom. The number of carbonyl (C=O) groups is 3. The van der Waals surface area contributed by atoms with E-state index in [1.807, 2.05) is 12.1 Å².